The van der Waals surface area contributed by atoms with Gasteiger partial charge in [0, 0.05) is 18.6 Å². The molecule has 19 heavy (non-hydrogen) atoms. The van der Waals surface area contributed by atoms with Crippen molar-refractivity contribution in [1.29, 1.82) is 0 Å². The van der Waals surface area contributed by atoms with Gasteiger partial charge < -0.3 is 10.1 Å². The second-order valence-corrected chi connectivity index (χ2v) is 5.69. The first-order valence-electron chi connectivity index (χ1n) is 7.47. The summed E-state index contributed by atoms with van der Waals surface area (Å²) >= 11 is 0. The van der Waals surface area contributed by atoms with Crippen molar-refractivity contribution in [3.63, 3.8) is 0 Å². The largest absolute Gasteiger partial charge is 0.497 e. The van der Waals surface area contributed by atoms with Crippen LogP contribution in [0.3, 0.4) is 0 Å². The summed E-state index contributed by atoms with van der Waals surface area (Å²) in [5.74, 6) is 0.939. The highest BCUT2D eigenvalue weighted by atomic mass is 16.5. The van der Waals surface area contributed by atoms with Crippen LogP contribution >= 0.6 is 0 Å². The normalized spacial score (nSPS) is 26.6. The monoisotopic (exact) mass is 260 g/mol. The fourth-order valence-corrected chi connectivity index (χ4v) is 3.51. The number of hydrogen-bond donors (Lipinski definition) is 1. The van der Waals surface area contributed by atoms with E-state index < -0.39 is 0 Å². The van der Waals surface area contributed by atoms with E-state index in [9.17, 15) is 0 Å². The van der Waals surface area contributed by atoms with Crippen LogP contribution < -0.4 is 10.1 Å². The highest BCUT2D eigenvalue weighted by molar-refractivity contribution is 5.27. The van der Waals surface area contributed by atoms with E-state index in [0.717, 1.165) is 30.8 Å². The van der Waals surface area contributed by atoms with E-state index in [1.54, 1.807) is 7.11 Å². The van der Waals surface area contributed by atoms with Gasteiger partial charge in [-0.2, -0.15) is 0 Å². The topological polar surface area (TPSA) is 24.5 Å². The van der Waals surface area contributed by atoms with E-state index in [0.29, 0.717) is 0 Å². The van der Waals surface area contributed by atoms with Gasteiger partial charge in [0.05, 0.1) is 7.11 Å². The summed E-state index contributed by atoms with van der Waals surface area (Å²) in [5, 5.41) is 3.76. The van der Waals surface area contributed by atoms with E-state index in [4.69, 9.17) is 4.74 Å². The summed E-state index contributed by atoms with van der Waals surface area (Å²) < 4.78 is 5.18. The summed E-state index contributed by atoms with van der Waals surface area (Å²) in [4.78, 5) is 2.66. The zero-order valence-electron chi connectivity index (χ0n) is 11.8. The van der Waals surface area contributed by atoms with Crippen molar-refractivity contribution in [3.8, 4) is 5.75 Å². The highest BCUT2D eigenvalue weighted by Crippen LogP contribution is 2.27. The SMILES string of the molecule is COc1ccc(CCNC2CCN3CCCC23)cc1. The number of methoxy groups -OCH3 is 1. The first-order chi connectivity index (χ1) is 9.36. The van der Waals surface area contributed by atoms with E-state index in [-0.39, 0.29) is 0 Å². The number of fused-ring (bicyclic) bond motifs is 1. The molecule has 2 unspecified atom stereocenters. The van der Waals surface area contributed by atoms with Crippen molar-refractivity contribution < 1.29 is 4.74 Å². The fourth-order valence-electron chi connectivity index (χ4n) is 3.51. The number of nitrogens with zero attached hydrogens (tertiary/aromatic N) is 1. The summed E-state index contributed by atoms with van der Waals surface area (Å²) in [6.45, 7) is 3.70. The summed E-state index contributed by atoms with van der Waals surface area (Å²) in [7, 11) is 1.71. The van der Waals surface area contributed by atoms with Crippen LogP contribution in [0.5, 0.6) is 5.75 Å². The molecule has 0 aliphatic carbocycles. The third-order valence-electron chi connectivity index (χ3n) is 4.59. The average molecular weight is 260 g/mol. The van der Waals surface area contributed by atoms with Crippen molar-refractivity contribution in [2.75, 3.05) is 26.7 Å². The van der Waals surface area contributed by atoms with Crippen molar-refractivity contribution in [3.05, 3.63) is 29.8 Å². The minimum absolute atomic E-state index is 0.723. The van der Waals surface area contributed by atoms with Gasteiger partial charge in [-0.15, -0.1) is 0 Å². The molecular formula is C16H24N2O. The molecule has 2 heterocycles. The van der Waals surface area contributed by atoms with Crippen LogP contribution in [0.4, 0.5) is 0 Å². The smallest absolute Gasteiger partial charge is 0.118 e. The van der Waals surface area contributed by atoms with Gasteiger partial charge >= 0.3 is 0 Å². The second kappa shape index (κ2) is 5.93. The first-order valence-corrected chi connectivity index (χ1v) is 7.47. The van der Waals surface area contributed by atoms with Gasteiger partial charge in [-0.05, 0) is 56.5 Å². The van der Waals surface area contributed by atoms with Gasteiger partial charge in [-0.25, -0.2) is 0 Å². The maximum absolute atomic E-state index is 5.18. The Hall–Kier alpha value is -1.06. The molecule has 3 heteroatoms. The zero-order chi connectivity index (χ0) is 13.1. The van der Waals surface area contributed by atoms with Gasteiger partial charge in [-0.3, -0.25) is 4.90 Å². The number of rotatable bonds is 5. The quantitative estimate of drug-likeness (QED) is 0.877. The van der Waals surface area contributed by atoms with Gasteiger partial charge in [0.25, 0.3) is 0 Å². The van der Waals surface area contributed by atoms with Crippen molar-refractivity contribution in [2.45, 2.75) is 37.8 Å². The molecule has 2 atom stereocenters. The lowest BCUT2D eigenvalue weighted by Gasteiger charge is -2.21. The van der Waals surface area contributed by atoms with Gasteiger partial charge in [0.2, 0.25) is 0 Å². The lowest BCUT2D eigenvalue weighted by Crippen LogP contribution is -2.39. The number of hydrogen-bond acceptors (Lipinski definition) is 3. The molecule has 0 spiro atoms. The molecule has 2 aliphatic rings. The number of benzene rings is 1. The molecule has 2 saturated heterocycles. The third-order valence-corrected chi connectivity index (χ3v) is 4.59. The van der Waals surface area contributed by atoms with Crippen LogP contribution in [0, 0.1) is 0 Å². The first kappa shape index (κ1) is 12.9. The van der Waals surface area contributed by atoms with E-state index in [2.05, 4.69) is 22.3 Å². The van der Waals surface area contributed by atoms with Crippen LogP contribution in [-0.2, 0) is 6.42 Å². The second-order valence-electron chi connectivity index (χ2n) is 5.69. The minimum Gasteiger partial charge on any atom is -0.497 e. The number of ether oxygens (including phenoxy) is 1. The van der Waals surface area contributed by atoms with E-state index >= 15 is 0 Å². The molecule has 1 aromatic rings. The van der Waals surface area contributed by atoms with Crippen LogP contribution in [0.1, 0.15) is 24.8 Å². The number of nitrogens with one attached hydrogen (secondary N) is 1. The lowest BCUT2D eigenvalue weighted by atomic mass is 10.1. The molecule has 3 nitrogen and oxygen atoms in total. The maximum Gasteiger partial charge on any atom is 0.118 e. The maximum atomic E-state index is 5.18. The Morgan fingerprint density at radius 2 is 2.05 bits per heavy atom. The highest BCUT2D eigenvalue weighted by Gasteiger charge is 2.36. The molecule has 1 aromatic carbocycles. The van der Waals surface area contributed by atoms with Gasteiger partial charge in [-0.1, -0.05) is 12.1 Å². The Bertz CT molecular complexity index is 404. The Labute approximate surface area is 115 Å². The Balaban J connectivity index is 1.45. The van der Waals surface area contributed by atoms with Gasteiger partial charge in [0.1, 0.15) is 5.75 Å². The standard InChI is InChI=1S/C16H24N2O/c1-19-14-6-4-13(5-7-14)8-10-17-15-9-12-18-11-2-3-16(15)18/h4-7,15-17H,2-3,8-12H2,1H3. The molecule has 0 saturated carbocycles. The minimum atomic E-state index is 0.723. The summed E-state index contributed by atoms with van der Waals surface area (Å²) in [6, 6.07) is 9.96. The Kier molecular flexibility index (Phi) is 4.04. The molecule has 0 amide bonds. The van der Waals surface area contributed by atoms with Crippen molar-refractivity contribution >= 4 is 0 Å². The zero-order valence-corrected chi connectivity index (χ0v) is 11.8. The van der Waals surface area contributed by atoms with Crippen LogP contribution in [0.2, 0.25) is 0 Å². The van der Waals surface area contributed by atoms with E-state index in [1.165, 1.54) is 37.9 Å². The molecule has 0 radical (unpaired) electrons. The molecule has 104 valence electrons. The van der Waals surface area contributed by atoms with Gasteiger partial charge in [0.15, 0.2) is 0 Å². The molecular weight excluding hydrogens is 236 g/mol. The molecule has 2 fully saturated rings. The van der Waals surface area contributed by atoms with Crippen LogP contribution in [-0.4, -0.2) is 43.7 Å². The van der Waals surface area contributed by atoms with Crippen LogP contribution in [0.15, 0.2) is 24.3 Å². The van der Waals surface area contributed by atoms with Crippen LogP contribution in [0.25, 0.3) is 0 Å². The molecule has 0 aromatic heterocycles. The molecule has 1 N–H and O–H groups in total. The van der Waals surface area contributed by atoms with E-state index in [1.807, 2.05) is 12.1 Å². The predicted molar refractivity (Wildman–Crippen MR) is 77.7 cm³/mol. The Morgan fingerprint density at radius 1 is 1.21 bits per heavy atom. The summed E-state index contributed by atoms with van der Waals surface area (Å²) in [5.41, 5.74) is 1.38. The van der Waals surface area contributed by atoms with Crippen molar-refractivity contribution in [2.24, 2.45) is 0 Å². The summed E-state index contributed by atoms with van der Waals surface area (Å²) in [6.07, 6.45) is 5.21. The average Bonchev–Trinajstić information content (AvgIpc) is 3.04. The molecule has 3 rings (SSSR count). The predicted octanol–water partition coefficient (Wildman–Crippen LogP) is 2.06. The lowest BCUT2D eigenvalue weighted by molar-refractivity contribution is 0.299. The fraction of sp³-hybridized carbons (Fsp3) is 0.625. The molecule has 0 bridgehead atoms. The third kappa shape index (κ3) is 2.93. The Morgan fingerprint density at radius 3 is 2.84 bits per heavy atom. The van der Waals surface area contributed by atoms with Crippen molar-refractivity contribution in [1.82, 2.24) is 10.2 Å². The molecule has 2 aliphatic heterocycles.